The summed E-state index contributed by atoms with van der Waals surface area (Å²) < 4.78 is 4.87. The van der Waals surface area contributed by atoms with Gasteiger partial charge in [-0.15, -0.1) is 0 Å². The zero-order chi connectivity index (χ0) is 14.7. The minimum absolute atomic E-state index is 0.0376. The van der Waals surface area contributed by atoms with E-state index in [2.05, 4.69) is 27.6 Å². The quantitative estimate of drug-likeness (QED) is 0.936. The molecule has 1 fully saturated rings. The summed E-state index contributed by atoms with van der Waals surface area (Å²) in [5.41, 5.74) is 1.19. The first-order valence-corrected chi connectivity index (χ1v) is 7.13. The first-order chi connectivity index (χ1) is 10.3. The Bertz CT molecular complexity index is 585. The van der Waals surface area contributed by atoms with Crippen molar-refractivity contribution in [3.8, 4) is 0 Å². The fourth-order valence-corrected chi connectivity index (χ4v) is 2.87. The standard InChI is InChI=1S/C15H18N4O2/c1-2-16-15(20)19-8-12(11-6-4-3-5-7-11)13(9-19)14-17-10-21-18-14/h3-7,10,12-13H,2,8-9H2,1H3,(H,16,20)/t12-,13+/m0/s1. The van der Waals surface area contributed by atoms with Crippen molar-refractivity contribution in [2.75, 3.05) is 19.6 Å². The Labute approximate surface area is 123 Å². The number of benzene rings is 1. The Morgan fingerprint density at radius 2 is 2.10 bits per heavy atom. The molecule has 0 radical (unpaired) electrons. The molecule has 0 bridgehead atoms. The highest BCUT2D eigenvalue weighted by Gasteiger charge is 2.39. The van der Waals surface area contributed by atoms with Gasteiger partial charge in [0.05, 0.1) is 0 Å². The second-order valence-corrected chi connectivity index (χ2v) is 5.15. The number of hydrogen-bond acceptors (Lipinski definition) is 4. The lowest BCUT2D eigenvalue weighted by Crippen LogP contribution is -2.38. The van der Waals surface area contributed by atoms with E-state index in [1.54, 1.807) is 0 Å². The molecule has 1 aromatic carbocycles. The van der Waals surface area contributed by atoms with Crippen LogP contribution < -0.4 is 5.32 Å². The molecule has 2 amide bonds. The number of carbonyl (C=O) groups is 1. The Morgan fingerprint density at radius 1 is 1.33 bits per heavy atom. The summed E-state index contributed by atoms with van der Waals surface area (Å²) in [6.45, 7) is 3.80. The molecule has 21 heavy (non-hydrogen) atoms. The van der Waals surface area contributed by atoms with Crippen molar-refractivity contribution in [2.24, 2.45) is 0 Å². The maximum Gasteiger partial charge on any atom is 0.317 e. The molecule has 0 aliphatic carbocycles. The maximum absolute atomic E-state index is 12.1. The van der Waals surface area contributed by atoms with Gasteiger partial charge in [0.1, 0.15) is 0 Å². The van der Waals surface area contributed by atoms with Crippen molar-refractivity contribution in [3.05, 3.63) is 48.1 Å². The number of carbonyl (C=O) groups excluding carboxylic acids is 1. The third-order valence-electron chi connectivity index (χ3n) is 3.87. The van der Waals surface area contributed by atoms with Gasteiger partial charge in [-0.3, -0.25) is 0 Å². The predicted molar refractivity (Wildman–Crippen MR) is 76.9 cm³/mol. The van der Waals surface area contributed by atoms with Gasteiger partial charge in [0, 0.05) is 31.5 Å². The van der Waals surface area contributed by atoms with Crippen molar-refractivity contribution in [1.29, 1.82) is 0 Å². The summed E-state index contributed by atoms with van der Waals surface area (Å²) >= 11 is 0. The molecule has 6 heteroatoms. The highest BCUT2D eigenvalue weighted by Crippen LogP contribution is 2.38. The van der Waals surface area contributed by atoms with Gasteiger partial charge in [-0.05, 0) is 12.5 Å². The average molecular weight is 286 g/mol. The number of nitrogens with zero attached hydrogens (tertiary/aromatic N) is 3. The zero-order valence-corrected chi connectivity index (χ0v) is 11.9. The normalized spacial score (nSPS) is 21.5. The topological polar surface area (TPSA) is 71.3 Å². The lowest BCUT2D eigenvalue weighted by Gasteiger charge is -2.16. The third-order valence-corrected chi connectivity index (χ3v) is 3.87. The second kappa shape index (κ2) is 5.95. The van der Waals surface area contributed by atoms with Gasteiger partial charge in [-0.2, -0.15) is 4.98 Å². The van der Waals surface area contributed by atoms with Crippen LogP contribution >= 0.6 is 0 Å². The largest absolute Gasteiger partial charge is 0.343 e. The lowest BCUT2D eigenvalue weighted by atomic mass is 9.88. The highest BCUT2D eigenvalue weighted by atomic mass is 16.5. The first-order valence-electron chi connectivity index (χ1n) is 7.13. The molecule has 0 spiro atoms. The van der Waals surface area contributed by atoms with Crippen LogP contribution in [0.5, 0.6) is 0 Å². The van der Waals surface area contributed by atoms with E-state index in [0.29, 0.717) is 25.5 Å². The summed E-state index contributed by atoms with van der Waals surface area (Å²) in [7, 11) is 0. The second-order valence-electron chi connectivity index (χ2n) is 5.15. The monoisotopic (exact) mass is 286 g/mol. The average Bonchev–Trinajstić information content (AvgIpc) is 3.17. The Morgan fingerprint density at radius 3 is 2.76 bits per heavy atom. The van der Waals surface area contributed by atoms with E-state index in [9.17, 15) is 4.79 Å². The number of hydrogen-bond donors (Lipinski definition) is 1. The van der Waals surface area contributed by atoms with E-state index in [0.717, 1.165) is 0 Å². The minimum Gasteiger partial charge on any atom is -0.343 e. The summed E-state index contributed by atoms with van der Waals surface area (Å²) in [5, 5.41) is 6.82. The maximum atomic E-state index is 12.1. The Kier molecular flexibility index (Phi) is 3.85. The number of aromatic nitrogens is 2. The lowest BCUT2D eigenvalue weighted by molar-refractivity contribution is 0.208. The Balaban J connectivity index is 1.86. The van der Waals surface area contributed by atoms with E-state index in [1.807, 2.05) is 30.0 Å². The fourth-order valence-electron chi connectivity index (χ4n) is 2.87. The summed E-state index contributed by atoms with van der Waals surface area (Å²) in [6.07, 6.45) is 1.34. The van der Waals surface area contributed by atoms with Gasteiger partial charge in [0.25, 0.3) is 0 Å². The number of amides is 2. The SMILES string of the molecule is CCNC(=O)N1C[C@@H](c2ccccc2)[C@H](c2ncon2)C1. The molecule has 0 unspecified atom stereocenters. The molecule has 2 atom stereocenters. The van der Waals surface area contributed by atoms with Crippen LogP contribution in [0.3, 0.4) is 0 Å². The van der Waals surface area contributed by atoms with Gasteiger partial charge in [0.2, 0.25) is 6.39 Å². The van der Waals surface area contributed by atoms with Crippen LogP contribution in [0.15, 0.2) is 41.2 Å². The zero-order valence-electron chi connectivity index (χ0n) is 11.9. The van der Waals surface area contributed by atoms with Crippen LogP contribution in [0.4, 0.5) is 4.79 Å². The third kappa shape index (κ3) is 2.74. The van der Waals surface area contributed by atoms with E-state index >= 15 is 0 Å². The highest BCUT2D eigenvalue weighted by molar-refractivity contribution is 5.74. The minimum atomic E-state index is -0.0376. The number of urea groups is 1. The van der Waals surface area contributed by atoms with Crippen LogP contribution in [0.2, 0.25) is 0 Å². The van der Waals surface area contributed by atoms with Crippen molar-refractivity contribution < 1.29 is 9.32 Å². The number of rotatable bonds is 3. The fraction of sp³-hybridized carbons (Fsp3) is 0.400. The molecule has 2 heterocycles. The van der Waals surface area contributed by atoms with Crippen molar-refractivity contribution in [1.82, 2.24) is 20.4 Å². The molecule has 1 aliphatic rings. The van der Waals surface area contributed by atoms with Gasteiger partial charge >= 0.3 is 6.03 Å². The van der Waals surface area contributed by atoms with Crippen molar-refractivity contribution in [3.63, 3.8) is 0 Å². The smallest absolute Gasteiger partial charge is 0.317 e. The number of nitrogens with one attached hydrogen (secondary N) is 1. The van der Waals surface area contributed by atoms with Gasteiger partial charge in [-0.25, -0.2) is 4.79 Å². The molecule has 1 aromatic heterocycles. The van der Waals surface area contributed by atoms with E-state index < -0.39 is 0 Å². The first kappa shape index (κ1) is 13.6. The molecule has 1 aliphatic heterocycles. The molecule has 1 saturated heterocycles. The molecule has 1 N–H and O–H groups in total. The van der Waals surface area contributed by atoms with E-state index in [1.165, 1.54) is 12.0 Å². The van der Waals surface area contributed by atoms with Crippen LogP contribution in [0, 0.1) is 0 Å². The molecule has 2 aromatic rings. The predicted octanol–water partition coefficient (Wildman–Crippen LogP) is 1.98. The van der Waals surface area contributed by atoms with Gasteiger partial charge < -0.3 is 14.7 Å². The molecule has 3 rings (SSSR count). The van der Waals surface area contributed by atoms with E-state index in [4.69, 9.17) is 4.52 Å². The summed E-state index contributed by atoms with van der Waals surface area (Å²) in [4.78, 5) is 18.1. The van der Waals surface area contributed by atoms with Gasteiger partial charge in [-0.1, -0.05) is 35.5 Å². The molecule has 6 nitrogen and oxygen atoms in total. The van der Waals surface area contributed by atoms with Crippen LogP contribution in [-0.2, 0) is 0 Å². The molecular formula is C15H18N4O2. The van der Waals surface area contributed by atoms with Crippen LogP contribution in [0.25, 0.3) is 0 Å². The van der Waals surface area contributed by atoms with Crippen molar-refractivity contribution in [2.45, 2.75) is 18.8 Å². The summed E-state index contributed by atoms with van der Waals surface area (Å²) in [6, 6.07) is 10.1. The molecular weight excluding hydrogens is 268 g/mol. The van der Waals surface area contributed by atoms with Gasteiger partial charge in [0.15, 0.2) is 5.82 Å². The van der Waals surface area contributed by atoms with Crippen LogP contribution in [-0.4, -0.2) is 40.7 Å². The van der Waals surface area contributed by atoms with Crippen LogP contribution in [0.1, 0.15) is 30.1 Å². The van der Waals surface area contributed by atoms with E-state index in [-0.39, 0.29) is 17.9 Å². The van der Waals surface area contributed by atoms with Crippen molar-refractivity contribution >= 4 is 6.03 Å². The summed E-state index contributed by atoms with van der Waals surface area (Å²) in [5.74, 6) is 0.913. The molecule has 0 saturated carbocycles. The number of likely N-dealkylation sites (tertiary alicyclic amines) is 1. The Hall–Kier alpha value is -2.37. The molecule has 110 valence electrons.